The molecule has 1 amide bonds. The van der Waals surface area contributed by atoms with Gasteiger partial charge in [0.15, 0.2) is 0 Å². The summed E-state index contributed by atoms with van der Waals surface area (Å²) in [6.45, 7) is 4.26. The van der Waals surface area contributed by atoms with Gasteiger partial charge >= 0.3 is 0 Å². The van der Waals surface area contributed by atoms with Gasteiger partial charge < -0.3 is 10.2 Å². The summed E-state index contributed by atoms with van der Waals surface area (Å²) < 4.78 is 0. The first-order chi connectivity index (χ1) is 9.24. The second-order valence-corrected chi connectivity index (χ2v) is 5.94. The molecule has 0 aromatic heterocycles. The molecule has 0 aliphatic carbocycles. The Morgan fingerprint density at radius 2 is 1.74 bits per heavy atom. The molecule has 0 bridgehead atoms. The topological polar surface area (TPSA) is 32.3 Å². The van der Waals surface area contributed by atoms with Crippen LogP contribution in [0.15, 0.2) is 0 Å². The Hall–Kier alpha value is -0.570. The third kappa shape index (κ3) is 7.56. The Kier molecular flexibility index (Phi) is 8.89. The number of carbonyl (C=O) groups is 1. The van der Waals surface area contributed by atoms with Crippen LogP contribution < -0.4 is 5.32 Å². The Morgan fingerprint density at radius 3 is 2.37 bits per heavy atom. The van der Waals surface area contributed by atoms with Crippen LogP contribution in [0.3, 0.4) is 0 Å². The first kappa shape index (κ1) is 16.5. The third-order valence-corrected chi connectivity index (χ3v) is 4.09. The van der Waals surface area contributed by atoms with Gasteiger partial charge in [-0.2, -0.15) is 0 Å². The summed E-state index contributed by atoms with van der Waals surface area (Å²) >= 11 is 0. The lowest BCUT2D eigenvalue weighted by Gasteiger charge is -2.30. The largest absolute Gasteiger partial charge is 0.344 e. The first-order valence-corrected chi connectivity index (χ1v) is 8.21. The van der Waals surface area contributed by atoms with Crippen LogP contribution >= 0.6 is 0 Å². The summed E-state index contributed by atoms with van der Waals surface area (Å²) in [4.78, 5) is 13.2. The third-order valence-electron chi connectivity index (χ3n) is 4.09. The van der Waals surface area contributed by atoms with E-state index in [9.17, 15) is 4.79 Å². The maximum absolute atomic E-state index is 11.4. The minimum absolute atomic E-state index is 0.296. The molecule has 1 fully saturated rings. The second kappa shape index (κ2) is 10.2. The molecule has 1 heterocycles. The normalized spacial score (nSPS) is 20.0. The zero-order valence-electron chi connectivity index (χ0n) is 12.9. The molecule has 3 nitrogen and oxygen atoms in total. The molecule has 1 saturated heterocycles. The van der Waals surface area contributed by atoms with Gasteiger partial charge in [0.25, 0.3) is 0 Å². The van der Waals surface area contributed by atoms with Gasteiger partial charge in [-0.1, -0.05) is 51.9 Å². The van der Waals surface area contributed by atoms with Gasteiger partial charge in [0, 0.05) is 26.1 Å². The highest BCUT2D eigenvalue weighted by molar-refractivity contribution is 5.76. The standard InChI is InChI=1S/C16H32N2O/c1-3-4-5-6-7-8-9-10-13-17-15-11-12-16(19)18(2)14-15/h15,17H,3-14H2,1-2H3. The Balaban J connectivity index is 1.87. The number of likely N-dealkylation sites (N-methyl/N-ethyl adjacent to an activating group) is 1. The van der Waals surface area contributed by atoms with Crippen LogP contribution in [0.4, 0.5) is 0 Å². The van der Waals surface area contributed by atoms with E-state index in [0.29, 0.717) is 18.4 Å². The van der Waals surface area contributed by atoms with Crippen LogP contribution in [0.2, 0.25) is 0 Å². The van der Waals surface area contributed by atoms with Gasteiger partial charge in [-0.05, 0) is 19.4 Å². The molecule has 1 aliphatic heterocycles. The second-order valence-electron chi connectivity index (χ2n) is 5.94. The van der Waals surface area contributed by atoms with Crippen LogP contribution in [-0.2, 0) is 4.79 Å². The molecule has 3 heteroatoms. The minimum atomic E-state index is 0.296. The van der Waals surface area contributed by atoms with E-state index < -0.39 is 0 Å². The number of likely N-dealkylation sites (tertiary alicyclic amines) is 1. The number of nitrogens with zero attached hydrogens (tertiary/aromatic N) is 1. The van der Waals surface area contributed by atoms with Crippen molar-refractivity contribution in [2.45, 2.75) is 77.2 Å². The molecular formula is C16H32N2O. The number of unbranched alkanes of at least 4 members (excludes halogenated alkanes) is 7. The molecule has 1 unspecified atom stereocenters. The van der Waals surface area contributed by atoms with E-state index in [4.69, 9.17) is 0 Å². The molecule has 0 radical (unpaired) electrons. The highest BCUT2D eigenvalue weighted by Crippen LogP contribution is 2.10. The predicted octanol–water partition coefficient (Wildman–Crippen LogP) is 3.34. The number of amides is 1. The van der Waals surface area contributed by atoms with Crippen LogP contribution in [0.25, 0.3) is 0 Å². The van der Waals surface area contributed by atoms with Crippen molar-refractivity contribution in [1.29, 1.82) is 0 Å². The maximum Gasteiger partial charge on any atom is 0.222 e. The van der Waals surface area contributed by atoms with Gasteiger partial charge in [0.05, 0.1) is 0 Å². The highest BCUT2D eigenvalue weighted by Gasteiger charge is 2.21. The van der Waals surface area contributed by atoms with Gasteiger partial charge in [-0.3, -0.25) is 4.79 Å². The summed E-state index contributed by atoms with van der Waals surface area (Å²) in [5.41, 5.74) is 0. The lowest BCUT2D eigenvalue weighted by atomic mass is 10.1. The van der Waals surface area contributed by atoms with Crippen LogP contribution in [0.1, 0.15) is 71.1 Å². The molecule has 112 valence electrons. The SMILES string of the molecule is CCCCCCCCCCNC1CCC(=O)N(C)C1. The number of rotatable bonds is 10. The van der Waals surface area contributed by atoms with Gasteiger partial charge in [-0.15, -0.1) is 0 Å². The Bertz CT molecular complexity index is 243. The fourth-order valence-corrected chi connectivity index (χ4v) is 2.74. The highest BCUT2D eigenvalue weighted by atomic mass is 16.2. The molecule has 1 rings (SSSR count). The molecule has 0 spiro atoms. The number of hydrogen-bond acceptors (Lipinski definition) is 2. The Labute approximate surface area is 119 Å². The summed E-state index contributed by atoms with van der Waals surface area (Å²) in [5.74, 6) is 0.296. The zero-order chi connectivity index (χ0) is 13.9. The molecule has 1 N–H and O–H groups in total. The molecule has 1 aliphatic rings. The van der Waals surface area contributed by atoms with Crippen molar-refractivity contribution >= 4 is 5.91 Å². The van der Waals surface area contributed by atoms with E-state index >= 15 is 0 Å². The summed E-state index contributed by atoms with van der Waals surface area (Å²) in [5, 5.41) is 3.59. The summed E-state index contributed by atoms with van der Waals surface area (Å²) in [6.07, 6.45) is 12.7. The lowest BCUT2D eigenvalue weighted by Crippen LogP contribution is -2.46. The van der Waals surface area contributed by atoms with Crippen molar-refractivity contribution in [1.82, 2.24) is 10.2 Å². The van der Waals surface area contributed by atoms with Gasteiger partial charge in [0.2, 0.25) is 5.91 Å². The van der Waals surface area contributed by atoms with Crippen molar-refractivity contribution in [3.05, 3.63) is 0 Å². The number of piperidine rings is 1. The predicted molar refractivity (Wildman–Crippen MR) is 81.3 cm³/mol. The summed E-state index contributed by atoms with van der Waals surface area (Å²) in [7, 11) is 1.91. The average Bonchev–Trinajstić information content (AvgIpc) is 2.41. The van der Waals surface area contributed by atoms with Crippen LogP contribution in [0, 0.1) is 0 Å². The van der Waals surface area contributed by atoms with Crippen molar-refractivity contribution in [3.63, 3.8) is 0 Å². The van der Waals surface area contributed by atoms with Gasteiger partial charge in [0.1, 0.15) is 0 Å². The number of nitrogens with one attached hydrogen (secondary N) is 1. The van der Waals surface area contributed by atoms with E-state index in [1.54, 1.807) is 0 Å². The van der Waals surface area contributed by atoms with Crippen molar-refractivity contribution in [2.75, 3.05) is 20.1 Å². The number of carbonyl (C=O) groups excluding carboxylic acids is 1. The molecular weight excluding hydrogens is 236 g/mol. The van der Waals surface area contributed by atoms with Gasteiger partial charge in [-0.25, -0.2) is 0 Å². The molecule has 0 saturated carbocycles. The van der Waals surface area contributed by atoms with Crippen LogP contribution in [-0.4, -0.2) is 37.0 Å². The first-order valence-electron chi connectivity index (χ1n) is 8.21. The van der Waals surface area contributed by atoms with Crippen molar-refractivity contribution < 1.29 is 4.79 Å². The monoisotopic (exact) mass is 268 g/mol. The van der Waals surface area contributed by atoms with Crippen LogP contribution in [0.5, 0.6) is 0 Å². The maximum atomic E-state index is 11.4. The van der Waals surface area contributed by atoms with E-state index in [1.807, 2.05) is 11.9 Å². The van der Waals surface area contributed by atoms with E-state index in [2.05, 4.69) is 12.2 Å². The number of hydrogen-bond donors (Lipinski definition) is 1. The minimum Gasteiger partial charge on any atom is -0.344 e. The van der Waals surface area contributed by atoms with E-state index in [0.717, 1.165) is 19.5 Å². The Morgan fingerprint density at radius 1 is 1.11 bits per heavy atom. The molecule has 0 aromatic rings. The molecule has 19 heavy (non-hydrogen) atoms. The molecule has 1 atom stereocenters. The van der Waals surface area contributed by atoms with E-state index in [-0.39, 0.29) is 0 Å². The van der Waals surface area contributed by atoms with Crippen molar-refractivity contribution in [2.24, 2.45) is 0 Å². The van der Waals surface area contributed by atoms with E-state index in [1.165, 1.54) is 51.4 Å². The molecule has 0 aromatic carbocycles. The zero-order valence-corrected chi connectivity index (χ0v) is 12.9. The van der Waals surface area contributed by atoms with Crippen molar-refractivity contribution in [3.8, 4) is 0 Å². The quantitative estimate of drug-likeness (QED) is 0.616. The average molecular weight is 268 g/mol. The fraction of sp³-hybridized carbons (Fsp3) is 0.938. The lowest BCUT2D eigenvalue weighted by molar-refractivity contribution is -0.132. The summed E-state index contributed by atoms with van der Waals surface area (Å²) in [6, 6.07) is 0.521. The fourth-order valence-electron chi connectivity index (χ4n) is 2.74. The smallest absolute Gasteiger partial charge is 0.222 e.